The van der Waals surface area contributed by atoms with E-state index in [-0.39, 0.29) is 12.1 Å². The van der Waals surface area contributed by atoms with Gasteiger partial charge in [-0.25, -0.2) is 4.79 Å². The summed E-state index contributed by atoms with van der Waals surface area (Å²) in [5.74, 6) is 0. The van der Waals surface area contributed by atoms with E-state index in [2.05, 4.69) is 29.1 Å². The minimum absolute atomic E-state index is 0.0319. The summed E-state index contributed by atoms with van der Waals surface area (Å²) >= 11 is 0. The number of rotatable bonds is 1. The fraction of sp³-hybridized carbons (Fsp3) is 0.312. The smallest absolute Gasteiger partial charge is 0.322 e. The van der Waals surface area contributed by atoms with Gasteiger partial charge in [-0.2, -0.15) is 0 Å². The number of anilines is 1. The molecule has 0 fully saturated rings. The third-order valence-electron chi connectivity index (χ3n) is 3.87. The molecule has 104 valence electrons. The molecule has 0 saturated carbocycles. The Kier molecular flexibility index (Phi) is 3.22. The number of fused-ring (bicyclic) bond motifs is 1. The maximum absolute atomic E-state index is 12.4. The number of aromatic nitrogens is 1. The number of aryl methyl sites for hydroxylation is 1. The van der Waals surface area contributed by atoms with Crippen LogP contribution in [0.4, 0.5) is 10.5 Å². The van der Waals surface area contributed by atoms with Crippen LogP contribution >= 0.6 is 0 Å². The molecule has 0 unspecified atom stereocenters. The minimum Gasteiger partial charge on any atom is -0.348 e. The van der Waals surface area contributed by atoms with Crippen molar-refractivity contribution in [2.24, 2.45) is 0 Å². The Morgan fingerprint density at radius 3 is 2.90 bits per heavy atom. The first-order valence-corrected chi connectivity index (χ1v) is 6.94. The topological polar surface area (TPSA) is 37.3 Å². The van der Waals surface area contributed by atoms with E-state index in [0.717, 1.165) is 24.3 Å². The van der Waals surface area contributed by atoms with Crippen LogP contribution in [0.5, 0.6) is 0 Å². The van der Waals surface area contributed by atoms with E-state index in [4.69, 9.17) is 0 Å². The highest BCUT2D eigenvalue weighted by molar-refractivity contribution is 5.89. The predicted octanol–water partition coefficient (Wildman–Crippen LogP) is 3.41. The molecule has 1 aromatic heterocycles. The Hall–Kier alpha value is -2.23. The van der Waals surface area contributed by atoms with Crippen LogP contribution in [0.2, 0.25) is 0 Å². The number of benzene rings is 1. The second-order valence-corrected chi connectivity index (χ2v) is 5.30. The van der Waals surface area contributed by atoms with Gasteiger partial charge in [0.05, 0.1) is 6.04 Å². The molecule has 0 bridgehead atoms. The highest BCUT2D eigenvalue weighted by atomic mass is 16.2. The summed E-state index contributed by atoms with van der Waals surface area (Å²) in [5, 5.41) is 2.98. The van der Waals surface area contributed by atoms with Crippen molar-refractivity contribution < 1.29 is 4.79 Å². The van der Waals surface area contributed by atoms with Crippen molar-refractivity contribution in [3.8, 4) is 0 Å². The zero-order valence-corrected chi connectivity index (χ0v) is 11.8. The van der Waals surface area contributed by atoms with E-state index in [1.807, 2.05) is 42.2 Å². The maximum Gasteiger partial charge on any atom is 0.322 e. The van der Waals surface area contributed by atoms with Gasteiger partial charge < -0.3 is 14.8 Å². The van der Waals surface area contributed by atoms with Crippen molar-refractivity contribution in [2.75, 3.05) is 11.9 Å². The lowest BCUT2D eigenvalue weighted by molar-refractivity contribution is 0.175. The van der Waals surface area contributed by atoms with Crippen molar-refractivity contribution in [1.29, 1.82) is 0 Å². The molecular formula is C16H19N3O. The van der Waals surface area contributed by atoms with Crippen LogP contribution in [-0.4, -0.2) is 22.0 Å². The van der Waals surface area contributed by atoms with Gasteiger partial charge in [-0.05, 0) is 43.7 Å². The minimum atomic E-state index is -0.0319. The molecule has 2 aromatic rings. The van der Waals surface area contributed by atoms with E-state index in [0.29, 0.717) is 0 Å². The number of hydrogen-bond acceptors (Lipinski definition) is 1. The van der Waals surface area contributed by atoms with Gasteiger partial charge in [-0.15, -0.1) is 0 Å². The van der Waals surface area contributed by atoms with E-state index in [9.17, 15) is 4.79 Å². The molecule has 1 aliphatic rings. The fourth-order valence-electron chi connectivity index (χ4n) is 2.77. The van der Waals surface area contributed by atoms with Gasteiger partial charge in [-0.3, -0.25) is 0 Å². The number of carbonyl (C=O) groups excluding carboxylic acids is 1. The lowest BCUT2D eigenvalue weighted by atomic mass is 10.1. The first-order chi connectivity index (χ1) is 9.65. The highest BCUT2D eigenvalue weighted by Gasteiger charge is 2.27. The Balaban J connectivity index is 1.75. The zero-order valence-electron chi connectivity index (χ0n) is 11.8. The molecule has 1 aromatic carbocycles. The normalized spacial score (nSPS) is 17.7. The molecule has 1 aliphatic heterocycles. The van der Waals surface area contributed by atoms with Crippen molar-refractivity contribution in [1.82, 2.24) is 9.47 Å². The lowest BCUT2D eigenvalue weighted by Gasteiger charge is -2.34. The summed E-state index contributed by atoms with van der Waals surface area (Å²) in [4.78, 5) is 14.3. The number of urea groups is 1. The van der Waals surface area contributed by atoms with E-state index in [1.165, 1.54) is 5.69 Å². The van der Waals surface area contributed by atoms with Gasteiger partial charge in [-0.1, -0.05) is 12.1 Å². The van der Waals surface area contributed by atoms with Crippen molar-refractivity contribution in [3.63, 3.8) is 0 Å². The summed E-state index contributed by atoms with van der Waals surface area (Å²) in [6, 6.07) is 12.1. The molecular weight excluding hydrogens is 250 g/mol. The molecule has 4 heteroatoms. The summed E-state index contributed by atoms with van der Waals surface area (Å²) < 4.78 is 2.21. The molecule has 2 heterocycles. The highest BCUT2D eigenvalue weighted by Crippen LogP contribution is 2.26. The quantitative estimate of drug-likeness (QED) is 0.846. The van der Waals surface area contributed by atoms with Crippen LogP contribution in [-0.2, 0) is 6.54 Å². The molecule has 4 nitrogen and oxygen atoms in total. The second kappa shape index (κ2) is 5.04. The summed E-state index contributed by atoms with van der Waals surface area (Å²) in [6.45, 7) is 5.68. The number of amides is 2. The Morgan fingerprint density at radius 2 is 2.10 bits per heavy atom. The van der Waals surface area contributed by atoms with Crippen molar-refractivity contribution >= 4 is 11.7 Å². The standard InChI is InChI=1S/C16H19N3O/c1-12-5-3-6-14(11-12)17-16(20)19-10-9-18-8-4-7-15(18)13(19)2/h3-8,11,13H,9-10H2,1-2H3,(H,17,20)/t13-/m1/s1. The number of nitrogens with zero attached hydrogens (tertiary/aromatic N) is 2. The third-order valence-corrected chi connectivity index (χ3v) is 3.87. The summed E-state index contributed by atoms with van der Waals surface area (Å²) in [7, 11) is 0. The van der Waals surface area contributed by atoms with Crippen LogP contribution < -0.4 is 5.32 Å². The van der Waals surface area contributed by atoms with Crippen LogP contribution in [0, 0.1) is 6.92 Å². The molecule has 0 spiro atoms. The van der Waals surface area contributed by atoms with Crippen LogP contribution in [0.25, 0.3) is 0 Å². The zero-order chi connectivity index (χ0) is 14.1. The van der Waals surface area contributed by atoms with Crippen LogP contribution in [0.1, 0.15) is 24.2 Å². The monoisotopic (exact) mass is 269 g/mol. The predicted molar refractivity (Wildman–Crippen MR) is 79.8 cm³/mol. The van der Waals surface area contributed by atoms with E-state index in [1.54, 1.807) is 0 Å². The maximum atomic E-state index is 12.4. The third kappa shape index (κ3) is 2.29. The van der Waals surface area contributed by atoms with Crippen molar-refractivity contribution in [2.45, 2.75) is 26.4 Å². The Bertz CT molecular complexity index is 632. The first kappa shape index (κ1) is 12.8. The van der Waals surface area contributed by atoms with Crippen LogP contribution in [0.15, 0.2) is 42.6 Å². The number of hydrogen-bond donors (Lipinski definition) is 1. The summed E-state index contributed by atoms with van der Waals surface area (Å²) in [6.07, 6.45) is 2.07. The Labute approximate surface area is 119 Å². The SMILES string of the molecule is Cc1cccc(NC(=O)N2CCn3cccc3[C@H]2C)c1. The Morgan fingerprint density at radius 1 is 1.25 bits per heavy atom. The van der Waals surface area contributed by atoms with Gasteiger partial charge in [0.25, 0.3) is 0 Å². The molecule has 0 radical (unpaired) electrons. The van der Waals surface area contributed by atoms with E-state index < -0.39 is 0 Å². The summed E-state index contributed by atoms with van der Waals surface area (Å²) in [5.41, 5.74) is 3.18. The van der Waals surface area contributed by atoms with Gasteiger partial charge >= 0.3 is 6.03 Å². The van der Waals surface area contributed by atoms with Gasteiger partial charge in [0, 0.05) is 30.7 Å². The van der Waals surface area contributed by atoms with Gasteiger partial charge in [0.15, 0.2) is 0 Å². The number of carbonyl (C=O) groups is 1. The van der Waals surface area contributed by atoms with Crippen molar-refractivity contribution in [3.05, 3.63) is 53.9 Å². The van der Waals surface area contributed by atoms with Gasteiger partial charge in [0.2, 0.25) is 0 Å². The fourth-order valence-corrected chi connectivity index (χ4v) is 2.77. The molecule has 3 rings (SSSR count). The average molecular weight is 269 g/mol. The first-order valence-electron chi connectivity index (χ1n) is 6.94. The molecule has 1 N–H and O–H groups in total. The van der Waals surface area contributed by atoms with Gasteiger partial charge in [0.1, 0.15) is 0 Å². The molecule has 1 atom stereocenters. The molecule has 0 saturated heterocycles. The van der Waals surface area contributed by atoms with E-state index >= 15 is 0 Å². The number of nitrogens with one attached hydrogen (secondary N) is 1. The second-order valence-electron chi connectivity index (χ2n) is 5.30. The van der Waals surface area contributed by atoms with Crippen LogP contribution in [0.3, 0.4) is 0 Å². The molecule has 0 aliphatic carbocycles. The average Bonchev–Trinajstić information content (AvgIpc) is 2.88. The molecule has 2 amide bonds. The molecule has 20 heavy (non-hydrogen) atoms. The lowest BCUT2D eigenvalue weighted by Crippen LogP contribution is -2.42. The largest absolute Gasteiger partial charge is 0.348 e.